The zero-order chi connectivity index (χ0) is 23.9. The number of nitrogens with zero attached hydrogens (tertiary/aromatic N) is 4. The molecule has 2 aromatic rings. The number of aromatic nitrogens is 2. The zero-order valence-corrected chi connectivity index (χ0v) is 19.4. The minimum Gasteiger partial charge on any atom is -0.476 e. The lowest BCUT2D eigenvalue weighted by Gasteiger charge is -2.47. The van der Waals surface area contributed by atoms with Crippen LogP contribution in [0.3, 0.4) is 0 Å². The topological polar surface area (TPSA) is 116 Å². The molecular weight excluding hydrogens is 436 g/mol. The lowest BCUT2D eigenvalue weighted by molar-refractivity contribution is 0.0447. The van der Waals surface area contributed by atoms with Crippen molar-refractivity contribution < 1.29 is 24.5 Å². The van der Waals surface area contributed by atoms with Crippen LogP contribution in [0.2, 0.25) is 0 Å². The predicted octanol–water partition coefficient (Wildman–Crippen LogP) is 2.57. The van der Waals surface area contributed by atoms with Gasteiger partial charge in [-0.2, -0.15) is 0 Å². The van der Waals surface area contributed by atoms with Crippen LogP contribution in [0.4, 0.5) is 5.82 Å². The predicted molar refractivity (Wildman–Crippen MR) is 124 cm³/mol. The third-order valence-corrected chi connectivity index (χ3v) is 7.92. The summed E-state index contributed by atoms with van der Waals surface area (Å²) < 4.78 is 5.14. The Morgan fingerprint density at radius 1 is 1.12 bits per heavy atom. The highest BCUT2D eigenvalue weighted by Gasteiger charge is 2.38. The molecule has 9 nitrogen and oxygen atoms in total. The van der Waals surface area contributed by atoms with Crippen molar-refractivity contribution in [2.45, 2.75) is 45.3 Å². The highest BCUT2D eigenvalue weighted by Crippen LogP contribution is 2.42. The van der Waals surface area contributed by atoms with E-state index in [0.717, 1.165) is 74.4 Å². The van der Waals surface area contributed by atoms with Crippen molar-refractivity contribution in [2.75, 3.05) is 37.6 Å². The van der Waals surface area contributed by atoms with Gasteiger partial charge in [-0.25, -0.2) is 19.6 Å². The standard InChI is InChI=1S/C25H30N4O5/c1-16-17(2-3-18-19(16)15-34-24(18)33)21(30)14-28-8-4-25(5-9-28)6-10-29(11-7-25)22-13-26-20(12-27-22)23(31)32/h2-3,12-13,21,30H,4-11,14-15H2,1H3,(H,31,32). The average Bonchev–Trinajstić information content (AvgIpc) is 3.23. The molecule has 2 saturated heterocycles. The fourth-order valence-corrected chi connectivity index (χ4v) is 5.59. The largest absolute Gasteiger partial charge is 0.476 e. The van der Waals surface area contributed by atoms with Gasteiger partial charge in [-0.05, 0) is 68.3 Å². The van der Waals surface area contributed by atoms with Crippen LogP contribution in [-0.2, 0) is 11.3 Å². The molecule has 2 N–H and O–H groups in total. The number of carbonyl (C=O) groups excluding carboxylic acids is 1. The molecule has 1 atom stereocenters. The summed E-state index contributed by atoms with van der Waals surface area (Å²) in [7, 11) is 0. The molecule has 1 aromatic heterocycles. The van der Waals surface area contributed by atoms with E-state index in [9.17, 15) is 14.7 Å². The highest BCUT2D eigenvalue weighted by molar-refractivity contribution is 5.94. The van der Waals surface area contributed by atoms with E-state index in [0.29, 0.717) is 24.1 Å². The number of hydrogen-bond acceptors (Lipinski definition) is 8. The summed E-state index contributed by atoms with van der Waals surface area (Å²) in [5.41, 5.74) is 3.62. The number of β-amino-alcohol motifs (C(OH)–C–C–N with tert-alkyl or cyclic N) is 1. The van der Waals surface area contributed by atoms with E-state index in [2.05, 4.69) is 19.8 Å². The van der Waals surface area contributed by atoms with Crippen LogP contribution in [0.1, 0.15) is 69.3 Å². The molecule has 1 unspecified atom stereocenters. The minimum atomic E-state index is -1.07. The van der Waals surface area contributed by atoms with E-state index in [1.807, 2.05) is 13.0 Å². The Labute approximate surface area is 198 Å². The van der Waals surface area contributed by atoms with Gasteiger partial charge in [0.15, 0.2) is 5.69 Å². The molecule has 1 spiro atoms. The number of fused-ring (bicyclic) bond motifs is 1. The van der Waals surface area contributed by atoms with Crippen LogP contribution in [0.15, 0.2) is 24.5 Å². The van der Waals surface area contributed by atoms with Crippen molar-refractivity contribution >= 4 is 17.8 Å². The first kappa shape index (κ1) is 22.7. The molecular formula is C25H30N4O5. The van der Waals surface area contributed by atoms with Gasteiger partial charge in [-0.3, -0.25) is 0 Å². The third kappa shape index (κ3) is 4.25. The van der Waals surface area contributed by atoms with Crippen LogP contribution in [0.25, 0.3) is 0 Å². The zero-order valence-electron chi connectivity index (χ0n) is 19.4. The van der Waals surface area contributed by atoms with Crippen molar-refractivity contribution in [2.24, 2.45) is 5.41 Å². The van der Waals surface area contributed by atoms with Gasteiger partial charge in [-0.15, -0.1) is 0 Å². The van der Waals surface area contributed by atoms with Gasteiger partial charge in [0.1, 0.15) is 12.4 Å². The fraction of sp³-hybridized carbons (Fsp3) is 0.520. The van der Waals surface area contributed by atoms with Crippen LogP contribution in [0.5, 0.6) is 0 Å². The number of esters is 1. The van der Waals surface area contributed by atoms with Gasteiger partial charge in [0.05, 0.1) is 24.1 Å². The Morgan fingerprint density at radius 3 is 2.47 bits per heavy atom. The maximum absolute atomic E-state index is 11.8. The van der Waals surface area contributed by atoms with E-state index in [4.69, 9.17) is 9.84 Å². The number of piperidine rings is 2. The molecule has 0 saturated carbocycles. The Hall–Kier alpha value is -3.04. The molecule has 180 valence electrons. The molecule has 5 rings (SSSR count). The number of hydrogen-bond donors (Lipinski definition) is 2. The number of anilines is 1. The average molecular weight is 467 g/mol. The first-order chi connectivity index (χ1) is 16.3. The maximum atomic E-state index is 11.8. The number of ether oxygens (including phenoxy) is 1. The number of likely N-dealkylation sites (tertiary alicyclic amines) is 1. The summed E-state index contributed by atoms with van der Waals surface area (Å²) >= 11 is 0. The molecule has 0 radical (unpaired) electrons. The number of aromatic carboxylic acids is 1. The molecule has 3 aliphatic rings. The van der Waals surface area contributed by atoms with Crippen LogP contribution in [0, 0.1) is 12.3 Å². The number of carboxylic acids is 1. The molecule has 0 aliphatic carbocycles. The summed E-state index contributed by atoms with van der Waals surface area (Å²) in [6.07, 6.45) is 6.62. The van der Waals surface area contributed by atoms with Gasteiger partial charge < -0.3 is 24.7 Å². The summed E-state index contributed by atoms with van der Waals surface area (Å²) in [5, 5.41) is 19.9. The number of cyclic esters (lactones) is 1. The Balaban J connectivity index is 1.14. The van der Waals surface area contributed by atoms with E-state index >= 15 is 0 Å². The minimum absolute atomic E-state index is 0.0382. The second kappa shape index (κ2) is 8.96. The third-order valence-electron chi connectivity index (χ3n) is 7.92. The molecule has 1 aromatic carbocycles. The van der Waals surface area contributed by atoms with E-state index in [1.165, 1.54) is 6.20 Å². The highest BCUT2D eigenvalue weighted by atomic mass is 16.5. The summed E-state index contributed by atoms with van der Waals surface area (Å²) in [6.45, 7) is 6.52. The van der Waals surface area contributed by atoms with E-state index < -0.39 is 12.1 Å². The van der Waals surface area contributed by atoms with Gasteiger partial charge in [-0.1, -0.05) is 6.07 Å². The summed E-state index contributed by atoms with van der Waals surface area (Å²) in [6, 6.07) is 3.63. The Kier molecular flexibility index (Phi) is 5.99. The van der Waals surface area contributed by atoms with Crippen LogP contribution >= 0.6 is 0 Å². The van der Waals surface area contributed by atoms with Crippen molar-refractivity contribution in [3.63, 3.8) is 0 Å². The van der Waals surface area contributed by atoms with Gasteiger partial charge in [0, 0.05) is 25.2 Å². The number of aliphatic hydroxyl groups is 1. The molecule has 34 heavy (non-hydrogen) atoms. The van der Waals surface area contributed by atoms with Crippen molar-refractivity contribution in [3.8, 4) is 0 Å². The second-order valence-corrected chi connectivity index (χ2v) is 9.75. The van der Waals surface area contributed by atoms with Gasteiger partial charge in [0.25, 0.3) is 0 Å². The molecule has 4 heterocycles. The molecule has 9 heteroatoms. The second-order valence-electron chi connectivity index (χ2n) is 9.75. The van der Waals surface area contributed by atoms with E-state index in [-0.39, 0.29) is 11.7 Å². The number of aliphatic hydroxyl groups excluding tert-OH is 1. The fourth-order valence-electron chi connectivity index (χ4n) is 5.59. The van der Waals surface area contributed by atoms with Gasteiger partial charge >= 0.3 is 11.9 Å². The lowest BCUT2D eigenvalue weighted by Crippen LogP contribution is -2.47. The number of benzene rings is 1. The van der Waals surface area contributed by atoms with Crippen LogP contribution < -0.4 is 4.90 Å². The Morgan fingerprint density at radius 2 is 1.82 bits per heavy atom. The normalized spacial score (nSPS) is 20.8. The van der Waals surface area contributed by atoms with Crippen molar-refractivity contribution in [1.82, 2.24) is 14.9 Å². The lowest BCUT2D eigenvalue weighted by atomic mass is 9.71. The molecule has 0 amide bonds. The van der Waals surface area contributed by atoms with Crippen molar-refractivity contribution in [3.05, 3.63) is 52.5 Å². The Bertz CT molecular complexity index is 1090. The summed E-state index contributed by atoms with van der Waals surface area (Å²) in [4.78, 5) is 35.6. The smallest absolute Gasteiger partial charge is 0.356 e. The SMILES string of the molecule is Cc1c(C(O)CN2CCC3(CC2)CCN(c2cnc(C(=O)O)cn2)CC3)ccc2c1COC2=O. The first-order valence-electron chi connectivity index (χ1n) is 11.9. The molecule has 0 bridgehead atoms. The summed E-state index contributed by atoms with van der Waals surface area (Å²) in [5.74, 6) is -0.614. The number of carboxylic acid groups (broad SMARTS) is 1. The van der Waals surface area contributed by atoms with E-state index in [1.54, 1.807) is 12.3 Å². The maximum Gasteiger partial charge on any atom is 0.356 e. The monoisotopic (exact) mass is 466 g/mol. The quantitative estimate of drug-likeness (QED) is 0.641. The number of rotatable bonds is 5. The molecule has 3 aliphatic heterocycles. The molecule has 2 fully saturated rings. The van der Waals surface area contributed by atoms with Gasteiger partial charge in [0.2, 0.25) is 0 Å². The van der Waals surface area contributed by atoms with Crippen LogP contribution in [-0.4, -0.2) is 69.7 Å². The van der Waals surface area contributed by atoms with Crippen molar-refractivity contribution in [1.29, 1.82) is 0 Å². The first-order valence-corrected chi connectivity index (χ1v) is 11.9. The number of carbonyl (C=O) groups is 2.